The topological polar surface area (TPSA) is 12.5 Å². The predicted octanol–water partition coefficient (Wildman–Crippen LogP) is 1.76. The average Bonchev–Trinajstić information content (AvgIpc) is 2.58. The van der Waals surface area contributed by atoms with E-state index in [2.05, 4.69) is 6.20 Å². The Balaban J connectivity index is 2.23. The van der Waals surface area contributed by atoms with Crippen molar-refractivity contribution in [2.45, 2.75) is 0 Å². The van der Waals surface area contributed by atoms with Crippen molar-refractivity contribution >= 4 is 5.69 Å². The van der Waals surface area contributed by atoms with Crippen molar-refractivity contribution in [1.29, 1.82) is 0 Å². The van der Waals surface area contributed by atoms with Gasteiger partial charge in [-0.3, -0.25) is 4.84 Å². The maximum atomic E-state index is 5.21. The standard InChI is InChI=1S/C9H8NO/c1-2-5-9(6-3-1)10-7-4-8-11-10/h1-6H,8H2. The molecule has 2 rings (SSSR count). The molecular weight excluding hydrogens is 138 g/mol. The first-order chi connectivity index (χ1) is 5.47. The van der Waals surface area contributed by atoms with Gasteiger partial charge in [-0.05, 0) is 18.2 Å². The van der Waals surface area contributed by atoms with Gasteiger partial charge in [0, 0.05) is 0 Å². The summed E-state index contributed by atoms with van der Waals surface area (Å²) in [6.45, 7) is 0.620. The molecule has 2 nitrogen and oxygen atoms in total. The Labute approximate surface area is 65.7 Å². The Morgan fingerprint density at radius 1 is 1.27 bits per heavy atom. The number of anilines is 1. The first-order valence-electron chi connectivity index (χ1n) is 3.53. The lowest BCUT2D eigenvalue weighted by Crippen LogP contribution is -2.10. The van der Waals surface area contributed by atoms with Crippen LogP contribution in [0, 0.1) is 6.20 Å². The maximum absolute atomic E-state index is 5.21. The zero-order chi connectivity index (χ0) is 7.52. The molecule has 0 aliphatic carbocycles. The van der Waals surface area contributed by atoms with E-state index in [-0.39, 0.29) is 0 Å². The lowest BCUT2D eigenvalue weighted by molar-refractivity contribution is 0.177. The van der Waals surface area contributed by atoms with Crippen molar-refractivity contribution in [3.05, 3.63) is 42.6 Å². The molecule has 0 bridgehead atoms. The summed E-state index contributed by atoms with van der Waals surface area (Å²) >= 11 is 0. The first kappa shape index (κ1) is 6.43. The summed E-state index contributed by atoms with van der Waals surface area (Å²) in [5.74, 6) is 0. The molecule has 1 aromatic carbocycles. The molecule has 0 atom stereocenters. The zero-order valence-corrected chi connectivity index (χ0v) is 6.03. The van der Waals surface area contributed by atoms with Crippen LogP contribution in [0.5, 0.6) is 0 Å². The quantitative estimate of drug-likeness (QED) is 0.598. The maximum Gasteiger partial charge on any atom is 0.0959 e. The average molecular weight is 146 g/mol. The second-order valence-electron chi connectivity index (χ2n) is 2.26. The van der Waals surface area contributed by atoms with Gasteiger partial charge in [-0.25, -0.2) is 5.06 Å². The van der Waals surface area contributed by atoms with Crippen molar-refractivity contribution in [1.82, 2.24) is 0 Å². The van der Waals surface area contributed by atoms with Gasteiger partial charge in [0.25, 0.3) is 0 Å². The molecular formula is C9H8NO. The van der Waals surface area contributed by atoms with Crippen LogP contribution in [0.2, 0.25) is 0 Å². The van der Waals surface area contributed by atoms with Crippen molar-refractivity contribution in [3.63, 3.8) is 0 Å². The van der Waals surface area contributed by atoms with E-state index in [9.17, 15) is 0 Å². The number of hydrogen-bond donors (Lipinski definition) is 0. The monoisotopic (exact) mass is 146 g/mol. The van der Waals surface area contributed by atoms with Crippen molar-refractivity contribution < 1.29 is 4.84 Å². The van der Waals surface area contributed by atoms with Gasteiger partial charge in [-0.15, -0.1) is 0 Å². The number of rotatable bonds is 1. The van der Waals surface area contributed by atoms with Gasteiger partial charge in [0.05, 0.1) is 18.5 Å². The molecule has 0 aromatic heterocycles. The fourth-order valence-electron chi connectivity index (χ4n) is 0.982. The summed E-state index contributed by atoms with van der Waals surface area (Å²) < 4.78 is 0. The molecule has 0 unspecified atom stereocenters. The Hall–Kier alpha value is -1.28. The van der Waals surface area contributed by atoms with Gasteiger partial charge in [0.1, 0.15) is 0 Å². The molecule has 0 N–H and O–H groups in total. The van der Waals surface area contributed by atoms with Gasteiger partial charge in [-0.1, -0.05) is 18.2 Å². The Morgan fingerprint density at radius 2 is 2.09 bits per heavy atom. The van der Waals surface area contributed by atoms with E-state index < -0.39 is 0 Å². The van der Waals surface area contributed by atoms with E-state index >= 15 is 0 Å². The van der Waals surface area contributed by atoms with Gasteiger partial charge < -0.3 is 0 Å². The lowest BCUT2D eigenvalue weighted by Gasteiger charge is -2.12. The second kappa shape index (κ2) is 2.76. The van der Waals surface area contributed by atoms with Crippen LogP contribution >= 0.6 is 0 Å². The highest BCUT2D eigenvalue weighted by molar-refractivity contribution is 5.45. The number of benzene rings is 1. The molecule has 11 heavy (non-hydrogen) atoms. The molecule has 0 amide bonds. The largest absolute Gasteiger partial charge is 0.264 e. The van der Waals surface area contributed by atoms with Crippen LogP contribution in [0.25, 0.3) is 0 Å². The molecule has 0 saturated carbocycles. The summed E-state index contributed by atoms with van der Waals surface area (Å²) in [5, 5.41) is 1.64. The summed E-state index contributed by atoms with van der Waals surface area (Å²) in [7, 11) is 0. The van der Waals surface area contributed by atoms with Crippen LogP contribution in [-0.4, -0.2) is 6.61 Å². The van der Waals surface area contributed by atoms with Crippen LogP contribution in [0.1, 0.15) is 0 Å². The first-order valence-corrected chi connectivity index (χ1v) is 3.53. The SMILES string of the molecule is [C]1=CCON1c1ccccc1. The second-order valence-corrected chi connectivity index (χ2v) is 2.26. The smallest absolute Gasteiger partial charge is 0.0959 e. The van der Waals surface area contributed by atoms with E-state index in [0.29, 0.717) is 6.61 Å². The molecule has 1 heterocycles. The van der Waals surface area contributed by atoms with E-state index in [1.807, 2.05) is 36.4 Å². The van der Waals surface area contributed by atoms with Crippen molar-refractivity contribution in [2.75, 3.05) is 11.7 Å². The molecule has 0 spiro atoms. The molecule has 1 radical (unpaired) electrons. The summed E-state index contributed by atoms with van der Waals surface area (Å²) in [5.41, 5.74) is 1.02. The van der Waals surface area contributed by atoms with Crippen molar-refractivity contribution in [2.24, 2.45) is 0 Å². The molecule has 2 heteroatoms. The molecule has 0 saturated heterocycles. The highest BCUT2D eigenvalue weighted by Gasteiger charge is 2.06. The number of hydroxylamine groups is 1. The van der Waals surface area contributed by atoms with Crippen molar-refractivity contribution in [3.8, 4) is 0 Å². The van der Waals surface area contributed by atoms with Crippen LogP contribution in [0.15, 0.2) is 36.4 Å². The Kier molecular flexibility index (Phi) is 1.61. The molecule has 1 aliphatic rings. The number of hydrogen-bond acceptors (Lipinski definition) is 2. The van der Waals surface area contributed by atoms with E-state index in [4.69, 9.17) is 4.84 Å². The zero-order valence-electron chi connectivity index (χ0n) is 6.03. The van der Waals surface area contributed by atoms with Crippen LogP contribution in [0.3, 0.4) is 0 Å². The third-order valence-electron chi connectivity index (χ3n) is 1.49. The minimum atomic E-state index is 0.620. The highest BCUT2D eigenvalue weighted by atomic mass is 16.7. The predicted molar refractivity (Wildman–Crippen MR) is 42.7 cm³/mol. The summed E-state index contributed by atoms with van der Waals surface area (Å²) in [4.78, 5) is 5.21. The van der Waals surface area contributed by atoms with E-state index in [1.165, 1.54) is 0 Å². The lowest BCUT2D eigenvalue weighted by atomic mass is 10.3. The van der Waals surface area contributed by atoms with Crippen LogP contribution in [-0.2, 0) is 4.84 Å². The molecule has 0 fully saturated rings. The van der Waals surface area contributed by atoms with Crippen LogP contribution in [0.4, 0.5) is 5.69 Å². The van der Waals surface area contributed by atoms with Gasteiger partial charge in [0.2, 0.25) is 0 Å². The fourth-order valence-corrected chi connectivity index (χ4v) is 0.982. The minimum absolute atomic E-state index is 0.620. The minimum Gasteiger partial charge on any atom is -0.264 e. The molecule has 55 valence electrons. The summed E-state index contributed by atoms with van der Waals surface area (Å²) in [6.07, 6.45) is 4.81. The van der Waals surface area contributed by atoms with Gasteiger partial charge >= 0.3 is 0 Å². The summed E-state index contributed by atoms with van der Waals surface area (Å²) in [6, 6.07) is 9.87. The molecule has 1 aromatic rings. The number of para-hydroxylation sites is 1. The fraction of sp³-hybridized carbons (Fsp3) is 0.111. The van der Waals surface area contributed by atoms with Gasteiger partial charge in [-0.2, -0.15) is 0 Å². The third-order valence-corrected chi connectivity index (χ3v) is 1.49. The third kappa shape index (κ3) is 1.25. The normalized spacial score (nSPS) is 15.8. The number of nitrogens with zero attached hydrogens (tertiary/aromatic N) is 1. The van der Waals surface area contributed by atoms with Crippen LogP contribution < -0.4 is 5.06 Å². The van der Waals surface area contributed by atoms with E-state index in [1.54, 1.807) is 5.06 Å². The highest BCUT2D eigenvalue weighted by Crippen LogP contribution is 2.15. The van der Waals surface area contributed by atoms with E-state index in [0.717, 1.165) is 5.69 Å². The molecule has 1 aliphatic heterocycles. The Bertz CT molecular complexity index is 256. The Morgan fingerprint density at radius 3 is 2.73 bits per heavy atom. The van der Waals surface area contributed by atoms with Gasteiger partial charge in [0.15, 0.2) is 0 Å².